The summed E-state index contributed by atoms with van der Waals surface area (Å²) in [5, 5.41) is 7.35. The molecule has 0 spiro atoms. The predicted octanol–water partition coefficient (Wildman–Crippen LogP) is 3.16. The lowest BCUT2D eigenvalue weighted by Gasteiger charge is -1.98. The highest BCUT2D eigenvalue weighted by Gasteiger charge is 2.07. The van der Waals surface area contributed by atoms with Crippen molar-refractivity contribution in [3.05, 3.63) is 33.0 Å². The molecule has 0 aromatic carbocycles. The Morgan fingerprint density at radius 2 is 2.00 bits per heavy atom. The standard InChI is InChI=1S/C15H20N2O4S3/c1-11(18)16-15-17-13(10-23-15)5-6-14-8-12(9-22-14)4-2-3-7-24(19,20)21/h8-10H,2-7H2,1H3,(H,16,17,18)(H,19,20,21). The van der Waals surface area contributed by atoms with Gasteiger partial charge in [-0.05, 0) is 49.1 Å². The largest absolute Gasteiger partial charge is 0.302 e. The molecular formula is C15H20N2O4S3. The van der Waals surface area contributed by atoms with Crippen molar-refractivity contribution in [1.29, 1.82) is 0 Å². The SMILES string of the molecule is CC(=O)Nc1nc(CCc2cc(CCCCS(=O)(=O)O)cs2)cs1. The number of thiophene rings is 1. The van der Waals surface area contributed by atoms with E-state index in [1.807, 2.05) is 5.38 Å². The summed E-state index contributed by atoms with van der Waals surface area (Å²) in [5.41, 5.74) is 2.16. The first-order chi connectivity index (χ1) is 11.3. The lowest BCUT2D eigenvalue weighted by molar-refractivity contribution is -0.114. The van der Waals surface area contributed by atoms with Crippen molar-refractivity contribution < 1.29 is 17.8 Å². The van der Waals surface area contributed by atoms with Gasteiger partial charge < -0.3 is 5.32 Å². The van der Waals surface area contributed by atoms with Crippen LogP contribution in [0.5, 0.6) is 0 Å². The van der Waals surface area contributed by atoms with Crippen molar-refractivity contribution in [1.82, 2.24) is 4.98 Å². The molecule has 0 saturated heterocycles. The molecule has 0 aliphatic heterocycles. The molecule has 9 heteroatoms. The summed E-state index contributed by atoms with van der Waals surface area (Å²) in [6.45, 7) is 1.46. The van der Waals surface area contributed by atoms with Crippen LogP contribution in [0.2, 0.25) is 0 Å². The van der Waals surface area contributed by atoms with E-state index in [1.54, 1.807) is 11.3 Å². The normalized spacial score (nSPS) is 11.6. The Kier molecular flexibility index (Phi) is 6.90. The number of anilines is 1. The molecule has 0 atom stereocenters. The Bertz CT molecular complexity index is 780. The zero-order valence-electron chi connectivity index (χ0n) is 13.3. The van der Waals surface area contributed by atoms with Crippen LogP contribution in [0.15, 0.2) is 16.8 Å². The maximum atomic E-state index is 11.0. The van der Waals surface area contributed by atoms with Crippen molar-refractivity contribution in [2.75, 3.05) is 11.1 Å². The van der Waals surface area contributed by atoms with Crippen molar-refractivity contribution in [2.24, 2.45) is 0 Å². The van der Waals surface area contributed by atoms with Crippen LogP contribution in [0, 0.1) is 0 Å². The summed E-state index contributed by atoms with van der Waals surface area (Å²) in [7, 11) is -3.85. The molecule has 0 aliphatic rings. The maximum Gasteiger partial charge on any atom is 0.264 e. The highest BCUT2D eigenvalue weighted by atomic mass is 32.2. The Morgan fingerprint density at radius 3 is 2.71 bits per heavy atom. The van der Waals surface area contributed by atoms with Gasteiger partial charge >= 0.3 is 0 Å². The minimum Gasteiger partial charge on any atom is -0.302 e. The topological polar surface area (TPSA) is 96.4 Å². The quantitative estimate of drug-likeness (QED) is 0.508. The van der Waals surface area contributed by atoms with E-state index in [0.717, 1.165) is 31.4 Å². The number of amides is 1. The third-order valence-electron chi connectivity index (χ3n) is 3.29. The molecule has 0 fully saturated rings. The molecular weight excluding hydrogens is 368 g/mol. The summed E-state index contributed by atoms with van der Waals surface area (Å²) in [6.07, 6.45) is 3.73. The monoisotopic (exact) mass is 388 g/mol. The molecule has 6 nitrogen and oxygen atoms in total. The number of hydrogen-bond acceptors (Lipinski definition) is 6. The highest BCUT2D eigenvalue weighted by Crippen LogP contribution is 2.21. The molecule has 0 saturated carbocycles. The van der Waals surface area contributed by atoms with Crippen molar-refractivity contribution in [3.8, 4) is 0 Å². The van der Waals surface area contributed by atoms with Crippen molar-refractivity contribution in [3.63, 3.8) is 0 Å². The van der Waals surface area contributed by atoms with Gasteiger partial charge in [0.1, 0.15) is 0 Å². The van der Waals surface area contributed by atoms with E-state index in [-0.39, 0.29) is 11.7 Å². The molecule has 2 N–H and O–H groups in total. The van der Waals surface area contributed by atoms with Gasteiger partial charge in [-0.1, -0.05) is 0 Å². The van der Waals surface area contributed by atoms with Crippen LogP contribution < -0.4 is 5.32 Å². The van der Waals surface area contributed by atoms with Gasteiger partial charge in [-0.3, -0.25) is 9.35 Å². The molecule has 2 heterocycles. The molecule has 2 aromatic heterocycles. The van der Waals surface area contributed by atoms with Gasteiger partial charge in [0.25, 0.3) is 10.1 Å². The molecule has 0 bridgehead atoms. The van der Waals surface area contributed by atoms with Gasteiger partial charge in [-0.25, -0.2) is 4.98 Å². The smallest absolute Gasteiger partial charge is 0.264 e. The lowest BCUT2D eigenvalue weighted by Crippen LogP contribution is -2.05. The first-order valence-electron chi connectivity index (χ1n) is 7.55. The second-order valence-electron chi connectivity index (χ2n) is 5.49. The van der Waals surface area contributed by atoms with Gasteiger partial charge in [-0.15, -0.1) is 22.7 Å². The predicted molar refractivity (Wildman–Crippen MR) is 97.5 cm³/mol. The zero-order chi connectivity index (χ0) is 17.6. The Labute approximate surface area is 149 Å². The maximum absolute atomic E-state index is 11.0. The fourth-order valence-electron chi connectivity index (χ4n) is 2.18. The van der Waals surface area contributed by atoms with Crippen molar-refractivity contribution >= 4 is 43.8 Å². The van der Waals surface area contributed by atoms with Gasteiger partial charge in [0.2, 0.25) is 5.91 Å². The fourth-order valence-corrected chi connectivity index (χ4v) is 4.47. The van der Waals surface area contributed by atoms with E-state index in [9.17, 15) is 13.2 Å². The number of thiazole rings is 1. The summed E-state index contributed by atoms with van der Waals surface area (Å²) < 4.78 is 30.0. The van der Waals surface area contributed by atoms with E-state index in [2.05, 4.69) is 21.7 Å². The Hall–Kier alpha value is -1.29. The molecule has 0 unspecified atom stereocenters. The number of hydrogen-bond donors (Lipinski definition) is 2. The first kappa shape index (κ1) is 19.0. The minimum atomic E-state index is -3.85. The van der Waals surface area contributed by atoms with E-state index in [0.29, 0.717) is 11.6 Å². The van der Waals surface area contributed by atoms with E-state index in [4.69, 9.17) is 4.55 Å². The third-order valence-corrected chi connectivity index (χ3v) is 5.94. The minimum absolute atomic E-state index is 0.118. The highest BCUT2D eigenvalue weighted by molar-refractivity contribution is 7.85. The third kappa shape index (κ3) is 7.08. The Morgan fingerprint density at radius 1 is 1.21 bits per heavy atom. The van der Waals surface area contributed by atoms with Gasteiger partial charge in [0.05, 0.1) is 11.4 Å². The zero-order valence-corrected chi connectivity index (χ0v) is 15.8. The summed E-state index contributed by atoms with van der Waals surface area (Å²) in [5.74, 6) is -0.294. The summed E-state index contributed by atoms with van der Waals surface area (Å²) in [4.78, 5) is 16.6. The van der Waals surface area contributed by atoms with Crippen LogP contribution in [0.1, 0.15) is 35.9 Å². The molecule has 0 radical (unpaired) electrons. The van der Waals surface area contributed by atoms with E-state index >= 15 is 0 Å². The van der Waals surface area contributed by atoms with Crippen LogP contribution in [-0.4, -0.2) is 29.6 Å². The number of aromatic nitrogens is 1. The number of nitrogens with zero attached hydrogens (tertiary/aromatic N) is 1. The first-order valence-corrected chi connectivity index (χ1v) is 10.9. The number of nitrogens with one attached hydrogen (secondary N) is 1. The number of carbonyl (C=O) groups excluding carboxylic acids is 1. The average molecular weight is 389 g/mol. The van der Waals surface area contributed by atoms with Crippen LogP contribution in [0.3, 0.4) is 0 Å². The second-order valence-corrected chi connectivity index (χ2v) is 8.92. The number of rotatable bonds is 9. The van der Waals surface area contributed by atoms with Crippen molar-refractivity contribution in [2.45, 2.75) is 39.0 Å². The van der Waals surface area contributed by atoms with Gasteiger partial charge in [0.15, 0.2) is 5.13 Å². The van der Waals surface area contributed by atoms with Gasteiger partial charge in [0, 0.05) is 17.2 Å². The Balaban J connectivity index is 1.75. The molecule has 0 aliphatic carbocycles. The molecule has 132 valence electrons. The average Bonchev–Trinajstić information content (AvgIpc) is 3.09. The summed E-state index contributed by atoms with van der Waals surface area (Å²) >= 11 is 3.11. The second kappa shape index (κ2) is 8.70. The summed E-state index contributed by atoms with van der Waals surface area (Å²) in [6, 6.07) is 2.14. The van der Waals surface area contributed by atoms with Gasteiger partial charge in [-0.2, -0.15) is 8.42 Å². The molecule has 2 aromatic rings. The van der Waals surface area contributed by atoms with Crippen LogP contribution >= 0.6 is 22.7 Å². The van der Waals surface area contributed by atoms with E-state index < -0.39 is 10.1 Å². The molecule has 1 amide bonds. The number of aryl methyl sites for hydroxylation is 3. The van der Waals surface area contributed by atoms with Crippen LogP contribution in [-0.2, 0) is 34.2 Å². The van der Waals surface area contributed by atoms with Crippen LogP contribution in [0.25, 0.3) is 0 Å². The number of unbranched alkanes of at least 4 members (excludes halogenated alkanes) is 1. The molecule has 2 rings (SSSR count). The van der Waals surface area contributed by atoms with E-state index in [1.165, 1.54) is 28.7 Å². The lowest BCUT2D eigenvalue weighted by atomic mass is 10.1. The fraction of sp³-hybridized carbons (Fsp3) is 0.467. The molecule has 24 heavy (non-hydrogen) atoms. The van der Waals surface area contributed by atoms with Crippen LogP contribution in [0.4, 0.5) is 5.13 Å². The number of carbonyl (C=O) groups is 1.